The molecule has 1 aliphatic heterocycles. The van der Waals surface area contributed by atoms with E-state index >= 15 is 0 Å². The maximum Gasteiger partial charge on any atom is 0.275 e. The van der Waals surface area contributed by atoms with Gasteiger partial charge in [0.2, 0.25) is 0 Å². The molecule has 0 N–H and O–H groups in total. The van der Waals surface area contributed by atoms with Crippen molar-refractivity contribution in [3.05, 3.63) is 33.9 Å². The number of nitro groups is 1. The molecule has 0 amide bonds. The van der Waals surface area contributed by atoms with Crippen LogP contribution in [0.25, 0.3) is 0 Å². The molecule has 0 bridgehead atoms. The number of rotatable bonds is 2. The minimum Gasteiger partial charge on any atom is -0.367 e. The Morgan fingerprint density at radius 3 is 2.22 bits per heavy atom. The fraction of sp³-hybridized carbons (Fsp3) is 0.500. The number of anilines is 1. The van der Waals surface area contributed by atoms with Crippen LogP contribution in [0.4, 0.5) is 20.2 Å². The van der Waals surface area contributed by atoms with Crippen molar-refractivity contribution in [2.24, 2.45) is 5.92 Å². The van der Waals surface area contributed by atoms with E-state index in [1.807, 2.05) is 0 Å². The van der Waals surface area contributed by atoms with Gasteiger partial charge >= 0.3 is 0 Å². The molecular formula is C12H14F2N2O2. The SMILES string of the molecule is CC1CCN(c2c(F)cc([N+](=O)[O-])cc2F)CC1. The molecule has 1 aromatic rings. The number of hydrogen-bond acceptors (Lipinski definition) is 3. The molecule has 0 spiro atoms. The number of benzene rings is 1. The quantitative estimate of drug-likeness (QED) is 0.603. The highest BCUT2D eigenvalue weighted by molar-refractivity contribution is 5.54. The molecule has 0 aromatic heterocycles. The summed E-state index contributed by atoms with van der Waals surface area (Å²) in [5, 5.41) is 10.5. The third-order valence-corrected chi connectivity index (χ3v) is 3.31. The molecule has 18 heavy (non-hydrogen) atoms. The second kappa shape index (κ2) is 4.88. The summed E-state index contributed by atoms with van der Waals surface area (Å²) >= 11 is 0. The minimum absolute atomic E-state index is 0.146. The van der Waals surface area contributed by atoms with Crippen LogP contribution in [-0.4, -0.2) is 18.0 Å². The summed E-state index contributed by atoms with van der Waals surface area (Å²) in [4.78, 5) is 11.3. The second-order valence-corrected chi connectivity index (χ2v) is 4.68. The largest absolute Gasteiger partial charge is 0.367 e. The van der Waals surface area contributed by atoms with E-state index in [4.69, 9.17) is 0 Å². The molecule has 1 aliphatic rings. The summed E-state index contributed by atoms with van der Waals surface area (Å²) in [7, 11) is 0. The summed E-state index contributed by atoms with van der Waals surface area (Å²) in [5.74, 6) is -1.18. The Kier molecular flexibility index (Phi) is 3.45. The zero-order chi connectivity index (χ0) is 13.3. The summed E-state index contributed by atoms with van der Waals surface area (Å²) in [6, 6.07) is 1.55. The van der Waals surface area contributed by atoms with Crippen LogP contribution in [0.3, 0.4) is 0 Å². The summed E-state index contributed by atoms with van der Waals surface area (Å²) in [5.41, 5.74) is -0.702. The van der Waals surface area contributed by atoms with Crippen molar-refractivity contribution >= 4 is 11.4 Å². The number of nitro benzene ring substituents is 1. The lowest BCUT2D eigenvalue weighted by atomic mass is 9.98. The highest BCUT2D eigenvalue weighted by atomic mass is 19.1. The van der Waals surface area contributed by atoms with Gasteiger partial charge in [-0.2, -0.15) is 0 Å². The Bertz CT molecular complexity index is 448. The van der Waals surface area contributed by atoms with Gasteiger partial charge in [-0.05, 0) is 18.8 Å². The van der Waals surface area contributed by atoms with Crippen LogP contribution < -0.4 is 4.90 Å². The van der Waals surface area contributed by atoms with E-state index in [0.29, 0.717) is 19.0 Å². The van der Waals surface area contributed by atoms with E-state index in [1.54, 1.807) is 4.90 Å². The third-order valence-electron chi connectivity index (χ3n) is 3.31. The number of non-ortho nitro benzene ring substituents is 1. The molecule has 1 saturated heterocycles. The van der Waals surface area contributed by atoms with Gasteiger partial charge in [0.05, 0.1) is 17.1 Å². The minimum atomic E-state index is -0.865. The van der Waals surface area contributed by atoms with Crippen LogP contribution in [0, 0.1) is 27.7 Å². The summed E-state index contributed by atoms with van der Waals surface area (Å²) in [6.07, 6.45) is 1.74. The third kappa shape index (κ3) is 2.42. The maximum atomic E-state index is 13.8. The second-order valence-electron chi connectivity index (χ2n) is 4.68. The molecule has 0 saturated carbocycles. The number of piperidine rings is 1. The standard InChI is InChI=1S/C12H14F2N2O2/c1-8-2-4-15(5-3-8)12-10(13)6-9(16(17)18)7-11(12)14/h6-8H,2-5H2,1H3. The lowest BCUT2D eigenvalue weighted by molar-refractivity contribution is -0.385. The van der Waals surface area contributed by atoms with Crippen LogP contribution in [0.5, 0.6) is 0 Å². The van der Waals surface area contributed by atoms with Crippen molar-refractivity contribution in [2.45, 2.75) is 19.8 Å². The van der Waals surface area contributed by atoms with E-state index in [0.717, 1.165) is 25.0 Å². The number of halogens is 2. The Balaban J connectivity index is 2.31. The summed E-state index contributed by atoms with van der Waals surface area (Å²) in [6.45, 7) is 3.25. The Morgan fingerprint density at radius 2 is 1.78 bits per heavy atom. The van der Waals surface area contributed by atoms with E-state index in [-0.39, 0.29) is 5.69 Å². The van der Waals surface area contributed by atoms with Gasteiger partial charge in [-0.1, -0.05) is 6.92 Å². The molecule has 0 atom stereocenters. The first-order valence-corrected chi connectivity index (χ1v) is 5.87. The first-order chi connectivity index (χ1) is 8.49. The number of nitrogens with zero attached hydrogens (tertiary/aromatic N) is 2. The molecule has 1 fully saturated rings. The van der Waals surface area contributed by atoms with Gasteiger partial charge in [0.25, 0.3) is 5.69 Å². The fourth-order valence-electron chi connectivity index (χ4n) is 2.19. The van der Waals surface area contributed by atoms with Crippen LogP contribution in [0.2, 0.25) is 0 Å². The van der Waals surface area contributed by atoms with Crippen molar-refractivity contribution in [1.82, 2.24) is 0 Å². The van der Waals surface area contributed by atoms with Gasteiger partial charge < -0.3 is 4.90 Å². The first-order valence-electron chi connectivity index (χ1n) is 5.87. The molecule has 1 heterocycles. The highest BCUT2D eigenvalue weighted by Gasteiger charge is 2.24. The molecular weight excluding hydrogens is 242 g/mol. The molecule has 0 unspecified atom stereocenters. The van der Waals surface area contributed by atoms with Gasteiger partial charge in [-0.3, -0.25) is 10.1 Å². The Morgan fingerprint density at radius 1 is 1.28 bits per heavy atom. The Labute approximate surface area is 103 Å². The van der Waals surface area contributed by atoms with Crippen LogP contribution in [0.15, 0.2) is 12.1 Å². The van der Waals surface area contributed by atoms with Crippen LogP contribution >= 0.6 is 0 Å². The smallest absolute Gasteiger partial charge is 0.275 e. The predicted octanol–water partition coefficient (Wildman–Crippen LogP) is 3.11. The average molecular weight is 256 g/mol. The zero-order valence-electron chi connectivity index (χ0n) is 10.0. The molecule has 2 rings (SSSR count). The van der Waals surface area contributed by atoms with Crippen molar-refractivity contribution in [1.29, 1.82) is 0 Å². The topological polar surface area (TPSA) is 46.4 Å². The van der Waals surface area contributed by atoms with E-state index < -0.39 is 22.2 Å². The molecule has 4 nitrogen and oxygen atoms in total. The van der Waals surface area contributed by atoms with E-state index in [2.05, 4.69) is 6.92 Å². The maximum absolute atomic E-state index is 13.8. The van der Waals surface area contributed by atoms with Gasteiger partial charge in [0, 0.05) is 13.1 Å². The van der Waals surface area contributed by atoms with Crippen molar-refractivity contribution in [3.63, 3.8) is 0 Å². The molecule has 0 radical (unpaired) electrons. The zero-order valence-corrected chi connectivity index (χ0v) is 10.0. The van der Waals surface area contributed by atoms with E-state index in [9.17, 15) is 18.9 Å². The summed E-state index contributed by atoms with van der Waals surface area (Å²) < 4.78 is 27.5. The lowest BCUT2D eigenvalue weighted by Gasteiger charge is -2.32. The first kappa shape index (κ1) is 12.7. The van der Waals surface area contributed by atoms with Crippen molar-refractivity contribution < 1.29 is 13.7 Å². The Hall–Kier alpha value is -1.72. The van der Waals surface area contributed by atoms with Crippen LogP contribution in [0.1, 0.15) is 19.8 Å². The predicted molar refractivity (Wildman–Crippen MR) is 63.6 cm³/mol. The van der Waals surface area contributed by atoms with Gasteiger partial charge in [0.15, 0.2) is 11.6 Å². The van der Waals surface area contributed by atoms with Gasteiger partial charge in [-0.25, -0.2) is 8.78 Å². The van der Waals surface area contributed by atoms with Crippen LogP contribution in [-0.2, 0) is 0 Å². The fourth-order valence-corrected chi connectivity index (χ4v) is 2.19. The molecule has 6 heteroatoms. The van der Waals surface area contributed by atoms with Gasteiger partial charge in [0.1, 0.15) is 5.69 Å². The van der Waals surface area contributed by atoms with Crippen molar-refractivity contribution in [2.75, 3.05) is 18.0 Å². The van der Waals surface area contributed by atoms with Crippen molar-refractivity contribution in [3.8, 4) is 0 Å². The molecule has 98 valence electrons. The number of hydrogen-bond donors (Lipinski definition) is 0. The van der Waals surface area contributed by atoms with Gasteiger partial charge in [-0.15, -0.1) is 0 Å². The highest BCUT2D eigenvalue weighted by Crippen LogP contribution is 2.30. The lowest BCUT2D eigenvalue weighted by Crippen LogP contribution is -2.34. The average Bonchev–Trinajstić information content (AvgIpc) is 2.30. The monoisotopic (exact) mass is 256 g/mol. The molecule has 1 aromatic carbocycles. The molecule has 0 aliphatic carbocycles. The van der Waals surface area contributed by atoms with E-state index in [1.165, 1.54) is 0 Å². The normalized spacial score (nSPS) is 16.9.